The van der Waals surface area contributed by atoms with Gasteiger partial charge in [-0.15, -0.1) is 0 Å². The first-order valence-corrected chi connectivity index (χ1v) is 22.8. The molecular formula is C46H78NO9P. The lowest BCUT2D eigenvalue weighted by atomic mass is 10.1. The van der Waals surface area contributed by atoms with Crippen LogP contribution < -0.4 is 4.89 Å². The largest absolute Gasteiger partial charge is 0.756 e. The van der Waals surface area contributed by atoms with Gasteiger partial charge >= 0.3 is 11.9 Å². The summed E-state index contributed by atoms with van der Waals surface area (Å²) < 4.78 is 33.8. The van der Waals surface area contributed by atoms with E-state index in [1.165, 1.54) is 0 Å². The molecule has 0 aliphatic rings. The number of carbonyl (C=O) groups excluding carboxylic acids is 2. The molecule has 0 heterocycles. The van der Waals surface area contributed by atoms with Gasteiger partial charge in [0.05, 0.1) is 33.9 Å². The Morgan fingerprint density at radius 3 is 1.65 bits per heavy atom. The number of likely N-dealkylation sites (N-methyl/N-ethyl adjacent to an activating group) is 1. The Morgan fingerprint density at radius 1 is 0.632 bits per heavy atom. The van der Waals surface area contributed by atoms with Gasteiger partial charge in [0.2, 0.25) is 0 Å². The van der Waals surface area contributed by atoms with Gasteiger partial charge in [0.25, 0.3) is 7.82 Å². The van der Waals surface area contributed by atoms with Crippen LogP contribution in [0, 0.1) is 0 Å². The summed E-state index contributed by atoms with van der Waals surface area (Å²) in [6.07, 6.45) is 44.6. The molecule has 326 valence electrons. The van der Waals surface area contributed by atoms with Gasteiger partial charge < -0.3 is 33.0 Å². The summed E-state index contributed by atoms with van der Waals surface area (Å²) in [6.45, 7) is 3.54. The first-order chi connectivity index (χ1) is 27.3. The minimum Gasteiger partial charge on any atom is -0.756 e. The van der Waals surface area contributed by atoms with E-state index in [0.717, 1.165) is 89.9 Å². The van der Waals surface area contributed by atoms with Crippen molar-refractivity contribution in [3.8, 4) is 0 Å². The van der Waals surface area contributed by atoms with Crippen LogP contribution in [0.15, 0.2) is 85.1 Å². The number of hydrogen-bond acceptors (Lipinski definition) is 9. The third-order valence-electron chi connectivity index (χ3n) is 8.42. The Morgan fingerprint density at radius 2 is 1.11 bits per heavy atom. The van der Waals surface area contributed by atoms with Gasteiger partial charge in [-0.2, -0.15) is 0 Å². The number of esters is 2. The maximum atomic E-state index is 12.7. The zero-order valence-electron chi connectivity index (χ0n) is 36.1. The van der Waals surface area contributed by atoms with Crippen molar-refractivity contribution in [2.75, 3.05) is 47.5 Å². The lowest BCUT2D eigenvalue weighted by molar-refractivity contribution is -0.870. The number of phosphoric acid groups is 1. The van der Waals surface area contributed by atoms with Gasteiger partial charge in [-0.1, -0.05) is 111 Å². The quantitative estimate of drug-likeness (QED) is 0.0214. The maximum absolute atomic E-state index is 12.7. The monoisotopic (exact) mass is 820 g/mol. The molecule has 0 aliphatic heterocycles. The lowest BCUT2D eigenvalue weighted by Crippen LogP contribution is -2.37. The number of quaternary nitrogens is 1. The molecule has 0 aromatic rings. The fourth-order valence-corrected chi connectivity index (χ4v) is 5.82. The van der Waals surface area contributed by atoms with Crippen molar-refractivity contribution >= 4 is 19.8 Å². The summed E-state index contributed by atoms with van der Waals surface area (Å²) >= 11 is 0. The van der Waals surface area contributed by atoms with E-state index < -0.39 is 32.5 Å². The molecule has 0 aliphatic carbocycles. The lowest BCUT2D eigenvalue weighted by Gasteiger charge is -2.28. The molecule has 0 aromatic carbocycles. The van der Waals surface area contributed by atoms with Crippen LogP contribution in [0.5, 0.6) is 0 Å². The van der Waals surface area contributed by atoms with E-state index in [1.807, 2.05) is 34.1 Å². The Bertz CT molecular complexity index is 1260. The SMILES string of the molecule is CC/C=C\C/C=C\C/C=C\CCCCCCCC(=O)O[C@H](COC(=O)CCC/C=C\C/C=C\C/C=C\C/C=C\CCC[C@@H](C)O)COP(=O)([O-])OCC[N+](C)(C)C. The molecule has 0 bridgehead atoms. The average Bonchev–Trinajstić information content (AvgIpc) is 3.14. The van der Waals surface area contributed by atoms with E-state index in [9.17, 15) is 24.2 Å². The average molecular weight is 820 g/mol. The van der Waals surface area contributed by atoms with Gasteiger partial charge in [-0.05, 0) is 96.8 Å². The van der Waals surface area contributed by atoms with Crippen molar-refractivity contribution in [1.29, 1.82) is 0 Å². The number of aliphatic hydroxyl groups excluding tert-OH is 1. The summed E-state index contributed by atoms with van der Waals surface area (Å²) in [6, 6.07) is 0. The highest BCUT2D eigenvalue weighted by atomic mass is 31.2. The molecule has 0 fully saturated rings. The first-order valence-electron chi connectivity index (χ1n) is 21.3. The van der Waals surface area contributed by atoms with Crippen molar-refractivity contribution < 1.29 is 47.2 Å². The topological polar surface area (TPSA) is 131 Å². The van der Waals surface area contributed by atoms with Crippen LogP contribution in [-0.2, 0) is 32.7 Å². The van der Waals surface area contributed by atoms with Crippen molar-refractivity contribution in [2.24, 2.45) is 0 Å². The summed E-state index contributed by atoms with van der Waals surface area (Å²) in [5.74, 6) is -0.947. The molecule has 1 unspecified atom stereocenters. The predicted octanol–water partition coefficient (Wildman–Crippen LogP) is 10.4. The van der Waals surface area contributed by atoms with Crippen LogP contribution in [0.1, 0.15) is 136 Å². The normalized spacial score (nSPS) is 15.0. The molecule has 11 heteroatoms. The zero-order chi connectivity index (χ0) is 42.3. The van der Waals surface area contributed by atoms with E-state index in [0.29, 0.717) is 30.3 Å². The molecule has 10 nitrogen and oxygen atoms in total. The molecule has 3 atom stereocenters. The first kappa shape index (κ1) is 54.2. The van der Waals surface area contributed by atoms with E-state index in [1.54, 1.807) is 0 Å². The molecule has 0 saturated carbocycles. The van der Waals surface area contributed by atoms with Crippen molar-refractivity contribution in [3.63, 3.8) is 0 Å². The molecule has 0 aromatic heterocycles. The van der Waals surface area contributed by atoms with Gasteiger partial charge in [0.15, 0.2) is 6.10 Å². The molecule has 57 heavy (non-hydrogen) atoms. The van der Waals surface area contributed by atoms with E-state index in [-0.39, 0.29) is 32.2 Å². The number of carbonyl (C=O) groups is 2. The predicted molar refractivity (Wildman–Crippen MR) is 232 cm³/mol. The summed E-state index contributed by atoms with van der Waals surface area (Å²) in [7, 11) is 1.09. The number of rotatable bonds is 37. The van der Waals surface area contributed by atoms with Gasteiger partial charge in [0.1, 0.15) is 19.8 Å². The molecule has 0 amide bonds. The Balaban J connectivity index is 4.51. The highest BCUT2D eigenvalue weighted by Crippen LogP contribution is 2.38. The summed E-state index contributed by atoms with van der Waals surface area (Å²) in [5, 5.41) is 9.27. The van der Waals surface area contributed by atoms with E-state index in [2.05, 4.69) is 85.9 Å². The number of unbranched alkanes of at least 4 members (excludes halogenated alkanes) is 7. The minimum absolute atomic E-state index is 0.0531. The van der Waals surface area contributed by atoms with Crippen LogP contribution in [-0.4, -0.2) is 81.2 Å². The third kappa shape index (κ3) is 42.6. The Hall–Kier alpha value is -2.85. The standard InChI is InChI=1S/C46H78NO9P/c1-6-7-8-9-10-11-12-13-15-20-23-26-29-32-35-38-46(50)56-44(42-55-57(51,52)54-40-39-47(3,4)5)41-53-45(49)37-34-31-28-25-22-19-17-14-16-18-21-24-27-30-33-36-43(2)48/h7-8,10-11,13,15-19,24-25,27-28,43-44,48H,6,9,12,14,20-23,26,29-42H2,1-5H3/b8-7-,11-10-,15-13-,18-16-,19-17-,27-24-,28-25-/t43-,44-/m1/s1. The third-order valence-corrected chi connectivity index (χ3v) is 9.38. The van der Waals surface area contributed by atoms with Crippen molar-refractivity contribution in [3.05, 3.63) is 85.1 Å². The van der Waals surface area contributed by atoms with Crippen molar-refractivity contribution in [1.82, 2.24) is 0 Å². The van der Waals surface area contributed by atoms with Crippen LogP contribution in [0.3, 0.4) is 0 Å². The zero-order valence-corrected chi connectivity index (χ0v) is 37.0. The van der Waals surface area contributed by atoms with Crippen LogP contribution in [0.4, 0.5) is 0 Å². The number of aliphatic hydroxyl groups is 1. The minimum atomic E-state index is -4.65. The van der Waals surface area contributed by atoms with Crippen molar-refractivity contribution in [2.45, 2.75) is 148 Å². The van der Waals surface area contributed by atoms with Crippen LogP contribution in [0.2, 0.25) is 0 Å². The highest BCUT2D eigenvalue weighted by molar-refractivity contribution is 7.45. The molecule has 0 rings (SSSR count). The Kier molecular flexibility index (Phi) is 35.6. The summed E-state index contributed by atoms with van der Waals surface area (Å²) in [5.41, 5.74) is 0. The fraction of sp³-hybridized carbons (Fsp3) is 0.652. The smallest absolute Gasteiger partial charge is 0.306 e. The van der Waals surface area contributed by atoms with Crippen LogP contribution >= 0.6 is 7.82 Å². The number of nitrogens with zero attached hydrogens (tertiary/aromatic N) is 1. The number of allylic oxidation sites excluding steroid dienone is 14. The van der Waals surface area contributed by atoms with Gasteiger partial charge in [-0.3, -0.25) is 14.2 Å². The number of hydrogen-bond donors (Lipinski definition) is 1. The van der Waals surface area contributed by atoms with Crippen LogP contribution in [0.25, 0.3) is 0 Å². The van der Waals surface area contributed by atoms with Gasteiger partial charge in [0, 0.05) is 12.8 Å². The number of phosphoric ester groups is 1. The number of ether oxygens (including phenoxy) is 2. The fourth-order valence-electron chi connectivity index (χ4n) is 5.09. The second-order valence-electron chi connectivity index (χ2n) is 15.3. The molecule has 1 N–H and O–H groups in total. The molecular weight excluding hydrogens is 741 g/mol. The Labute approximate surface area is 346 Å². The van der Waals surface area contributed by atoms with E-state index in [4.69, 9.17) is 18.5 Å². The summed E-state index contributed by atoms with van der Waals surface area (Å²) in [4.78, 5) is 37.5. The van der Waals surface area contributed by atoms with E-state index >= 15 is 0 Å². The second-order valence-corrected chi connectivity index (χ2v) is 16.7. The molecule has 0 radical (unpaired) electrons. The maximum Gasteiger partial charge on any atom is 0.306 e. The molecule has 0 saturated heterocycles. The second kappa shape index (κ2) is 37.4. The molecule has 0 spiro atoms. The van der Waals surface area contributed by atoms with Gasteiger partial charge in [-0.25, -0.2) is 0 Å². The highest BCUT2D eigenvalue weighted by Gasteiger charge is 2.21.